The summed E-state index contributed by atoms with van der Waals surface area (Å²) in [6, 6.07) is 0. The molecule has 2 rings (SSSR count). The predicted octanol–water partition coefficient (Wildman–Crippen LogP) is 3.24. The molecule has 0 atom stereocenters. The van der Waals surface area contributed by atoms with Crippen LogP contribution in [0.15, 0.2) is 4.47 Å². The summed E-state index contributed by atoms with van der Waals surface area (Å²) in [5, 5.41) is 0. The third kappa shape index (κ3) is 1.77. The van der Waals surface area contributed by atoms with Gasteiger partial charge in [-0.1, -0.05) is 12.2 Å². The first-order valence-corrected chi connectivity index (χ1v) is 6.11. The van der Waals surface area contributed by atoms with Gasteiger partial charge in [-0.2, -0.15) is 0 Å². The first-order chi connectivity index (χ1) is 7.09. The second-order valence-corrected chi connectivity index (χ2v) is 5.06. The van der Waals surface area contributed by atoms with Crippen molar-refractivity contribution in [2.45, 2.75) is 31.8 Å². The van der Waals surface area contributed by atoms with Crippen LogP contribution in [0.2, 0.25) is 0 Å². The fourth-order valence-electron chi connectivity index (χ4n) is 1.82. The highest BCUT2D eigenvalue weighted by atomic mass is 79.9. The number of aromatic nitrogens is 2. The minimum absolute atomic E-state index is 0.223. The van der Waals surface area contributed by atoms with Crippen molar-refractivity contribution in [3.63, 3.8) is 0 Å². The van der Waals surface area contributed by atoms with Crippen molar-refractivity contribution in [1.29, 1.82) is 0 Å². The smallest absolute Gasteiger partial charge is 0.144 e. The lowest BCUT2D eigenvalue weighted by Gasteiger charge is -2.39. The molecule has 0 aromatic carbocycles. The van der Waals surface area contributed by atoms with Gasteiger partial charge >= 0.3 is 0 Å². The Labute approximate surface area is 102 Å². The molecule has 1 aliphatic rings. The van der Waals surface area contributed by atoms with E-state index in [0.29, 0.717) is 4.64 Å². The highest BCUT2D eigenvalue weighted by Gasteiger charge is 2.41. The fourth-order valence-corrected chi connectivity index (χ4v) is 2.25. The van der Waals surface area contributed by atoms with Crippen molar-refractivity contribution in [3.05, 3.63) is 20.6 Å². The summed E-state index contributed by atoms with van der Waals surface area (Å²) in [6.07, 6.45) is 3.22. The molecule has 0 spiro atoms. The van der Waals surface area contributed by atoms with Crippen LogP contribution in [-0.2, 0) is 10.3 Å². The van der Waals surface area contributed by atoms with Crippen LogP contribution < -0.4 is 0 Å². The van der Waals surface area contributed by atoms with Crippen LogP contribution in [-0.4, -0.2) is 17.1 Å². The van der Waals surface area contributed by atoms with Crippen molar-refractivity contribution in [1.82, 2.24) is 9.97 Å². The number of aromatic amines is 1. The molecule has 1 aromatic heterocycles. The van der Waals surface area contributed by atoms with Gasteiger partial charge in [-0.3, -0.25) is 0 Å². The van der Waals surface area contributed by atoms with E-state index in [9.17, 15) is 0 Å². The summed E-state index contributed by atoms with van der Waals surface area (Å²) in [5.74, 6) is 0.863. The Morgan fingerprint density at radius 3 is 2.60 bits per heavy atom. The van der Waals surface area contributed by atoms with Gasteiger partial charge in [0.15, 0.2) is 0 Å². The summed E-state index contributed by atoms with van der Waals surface area (Å²) in [6.45, 7) is 1.98. The molecule has 1 N–H and O–H groups in total. The fraction of sp³-hybridized carbons (Fsp3) is 0.600. The topological polar surface area (TPSA) is 37.9 Å². The van der Waals surface area contributed by atoms with Crippen LogP contribution in [0.3, 0.4) is 0 Å². The summed E-state index contributed by atoms with van der Waals surface area (Å²) >= 11 is 8.59. The molecular formula is C10H13BrN2OS. The Bertz CT molecular complexity index is 434. The number of hydrogen-bond donors (Lipinski definition) is 1. The number of hydrogen-bond acceptors (Lipinski definition) is 3. The van der Waals surface area contributed by atoms with Gasteiger partial charge in [-0.25, -0.2) is 4.98 Å². The van der Waals surface area contributed by atoms with E-state index in [1.165, 1.54) is 6.42 Å². The molecular weight excluding hydrogens is 276 g/mol. The monoisotopic (exact) mass is 288 g/mol. The molecule has 1 fully saturated rings. The highest BCUT2D eigenvalue weighted by Crippen LogP contribution is 2.42. The molecule has 15 heavy (non-hydrogen) atoms. The SMILES string of the molecule is COC1(c2nc(=S)c(Br)c(C)[nH]2)CCC1. The van der Waals surface area contributed by atoms with Crippen molar-refractivity contribution < 1.29 is 4.74 Å². The number of methoxy groups -OCH3 is 1. The lowest BCUT2D eigenvalue weighted by molar-refractivity contribution is -0.0848. The zero-order valence-corrected chi connectivity index (χ0v) is 11.2. The van der Waals surface area contributed by atoms with Crippen molar-refractivity contribution in [2.24, 2.45) is 0 Å². The van der Waals surface area contributed by atoms with Crippen LogP contribution >= 0.6 is 28.1 Å². The summed E-state index contributed by atoms with van der Waals surface area (Å²) < 4.78 is 7.02. The number of ether oxygens (including phenoxy) is 1. The van der Waals surface area contributed by atoms with E-state index in [1.807, 2.05) is 6.92 Å². The second kappa shape index (κ2) is 3.96. The molecule has 1 aliphatic carbocycles. The molecule has 0 amide bonds. The van der Waals surface area contributed by atoms with Crippen LogP contribution in [0.25, 0.3) is 0 Å². The maximum Gasteiger partial charge on any atom is 0.144 e. The predicted molar refractivity (Wildman–Crippen MR) is 64.4 cm³/mol. The van der Waals surface area contributed by atoms with Gasteiger partial charge in [0, 0.05) is 12.8 Å². The van der Waals surface area contributed by atoms with Gasteiger partial charge in [-0.05, 0) is 42.1 Å². The second-order valence-electron chi connectivity index (χ2n) is 3.88. The van der Waals surface area contributed by atoms with Crippen molar-refractivity contribution in [2.75, 3.05) is 7.11 Å². The maximum absolute atomic E-state index is 5.55. The minimum atomic E-state index is -0.223. The number of aryl methyl sites for hydroxylation is 1. The Hall–Kier alpha value is -0.260. The number of nitrogens with zero attached hydrogens (tertiary/aromatic N) is 1. The van der Waals surface area contributed by atoms with E-state index in [4.69, 9.17) is 17.0 Å². The molecule has 1 aromatic rings. The standard InChI is InChI=1S/C10H13BrN2OS/c1-6-7(11)8(15)13-9(12-6)10(14-2)4-3-5-10/h3-5H2,1-2H3,(H,12,13,15). The third-order valence-electron chi connectivity index (χ3n) is 3.02. The van der Waals surface area contributed by atoms with Crippen molar-refractivity contribution >= 4 is 28.1 Å². The van der Waals surface area contributed by atoms with Gasteiger partial charge in [-0.15, -0.1) is 0 Å². The van der Waals surface area contributed by atoms with Crippen LogP contribution in [0.1, 0.15) is 30.8 Å². The largest absolute Gasteiger partial charge is 0.370 e. The number of nitrogens with one attached hydrogen (secondary N) is 1. The third-order valence-corrected chi connectivity index (χ3v) is 4.55. The number of H-pyrrole nitrogens is 1. The van der Waals surface area contributed by atoms with Crippen LogP contribution in [0, 0.1) is 11.6 Å². The zero-order chi connectivity index (χ0) is 11.1. The summed E-state index contributed by atoms with van der Waals surface area (Å²) in [4.78, 5) is 7.65. The van der Waals surface area contributed by atoms with E-state index in [-0.39, 0.29) is 5.60 Å². The van der Waals surface area contributed by atoms with E-state index < -0.39 is 0 Å². The molecule has 0 bridgehead atoms. The van der Waals surface area contributed by atoms with Crippen LogP contribution in [0.4, 0.5) is 0 Å². The van der Waals surface area contributed by atoms with Gasteiger partial charge in [0.2, 0.25) is 0 Å². The zero-order valence-electron chi connectivity index (χ0n) is 8.76. The van der Waals surface area contributed by atoms with Gasteiger partial charge in [0.25, 0.3) is 0 Å². The summed E-state index contributed by atoms with van der Waals surface area (Å²) in [5.41, 5.74) is 0.785. The molecule has 0 unspecified atom stereocenters. The van der Waals surface area contributed by atoms with E-state index >= 15 is 0 Å². The molecule has 0 aliphatic heterocycles. The van der Waals surface area contributed by atoms with Gasteiger partial charge in [0.1, 0.15) is 16.1 Å². The maximum atomic E-state index is 5.55. The first kappa shape index (κ1) is 11.2. The molecule has 82 valence electrons. The van der Waals surface area contributed by atoms with Crippen LogP contribution in [0.5, 0.6) is 0 Å². The van der Waals surface area contributed by atoms with Gasteiger partial charge < -0.3 is 9.72 Å². The lowest BCUT2D eigenvalue weighted by atomic mass is 9.79. The molecule has 5 heteroatoms. The average molecular weight is 289 g/mol. The number of halogens is 1. The first-order valence-electron chi connectivity index (χ1n) is 4.91. The minimum Gasteiger partial charge on any atom is -0.370 e. The Balaban J connectivity index is 2.49. The van der Waals surface area contributed by atoms with E-state index in [2.05, 4.69) is 25.9 Å². The number of rotatable bonds is 2. The highest BCUT2D eigenvalue weighted by molar-refractivity contribution is 9.10. The van der Waals surface area contributed by atoms with Gasteiger partial charge in [0.05, 0.1) is 4.47 Å². The lowest BCUT2D eigenvalue weighted by Crippen LogP contribution is -2.38. The Morgan fingerprint density at radius 1 is 1.53 bits per heavy atom. The molecule has 3 nitrogen and oxygen atoms in total. The molecule has 0 saturated heterocycles. The summed E-state index contributed by atoms with van der Waals surface area (Å²) in [7, 11) is 1.73. The average Bonchev–Trinajstić information content (AvgIpc) is 2.13. The van der Waals surface area contributed by atoms with Crippen molar-refractivity contribution in [3.8, 4) is 0 Å². The Kier molecular flexibility index (Phi) is 2.96. The quantitative estimate of drug-likeness (QED) is 0.849. The van der Waals surface area contributed by atoms with E-state index in [1.54, 1.807) is 7.11 Å². The molecule has 1 saturated carbocycles. The normalized spacial score (nSPS) is 18.6. The Morgan fingerprint density at radius 2 is 2.20 bits per heavy atom. The molecule has 0 radical (unpaired) electrons. The molecule has 1 heterocycles. The van der Waals surface area contributed by atoms with E-state index in [0.717, 1.165) is 28.8 Å².